The van der Waals surface area contributed by atoms with Crippen LogP contribution in [-0.4, -0.2) is 51.7 Å². The summed E-state index contributed by atoms with van der Waals surface area (Å²) in [5.41, 5.74) is 2.89. The zero-order chi connectivity index (χ0) is 19.3. The Bertz CT molecular complexity index is 980. The van der Waals surface area contributed by atoms with Crippen molar-refractivity contribution in [3.8, 4) is 5.69 Å². The van der Waals surface area contributed by atoms with Gasteiger partial charge in [0.15, 0.2) is 5.16 Å². The van der Waals surface area contributed by atoms with Crippen molar-refractivity contribution >= 4 is 34.6 Å². The van der Waals surface area contributed by atoms with Gasteiger partial charge >= 0.3 is 0 Å². The number of nitrogens with zero attached hydrogens (tertiary/aromatic N) is 3. The van der Waals surface area contributed by atoms with Crippen molar-refractivity contribution in [2.24, 2.45) is 0 Å². The van der Waals surface area contributed by atoms with Gasteiger partial charge in [0.2, 0.25) is 11.8 Å². The van der Waals surface area contributed by atoms with Crippen LogP contribution in [0.1, 0.15) is 12.8 Å². The average molecular weight is 395 g/mol. The first-order chi connectivity index (χ1) is 13.7. The van der Waals surface area contributed by atoms with E-state index >= 15 is 0 Å². The lowest BCUT2D eigenvalue weighted by Crippen LogP contribution is -2.39. The Morgan fingerprint density at radius 1 is 1.00 bits per heavy atom. The summed E-state index contributed by atoms with van der Waals surface area (Å²) in [7, 11) is 0. The Balaban J connectivity index is 1.44. The SMILES string of the molecule is O=C(CSc1nc2ccccc2n1-c1ccccc1)NCC(=O)N1CCCC1. The molecule has 4 rings (SSSR count). The fraction of sp³-hybridized carbons (Fsp3) is 0.286. The molecule has 1 aromatic heterocycles. The fourth-order valence-corrected chi connectivity index (χ4v) is 4.22. The summed E-state index contributed by atoms with van der Waals surface area (Å²) in [6, 6.07) is 17.9. The third-order valence-electron chi connectivity index (χ3n) is 4.77. The van der Waals surface area contributed by atoms with Crippen LogP contribution in [-0.2, 0) is 9.59 Å². The van der Waals surface area contributed by atoms with E-state index in [1.807, 2.05) is 59.5 Å². The first-order valence-electron chi connectivity index (χ1n) is 9.42. The smallest absolute Gasteiger partial charge is 0.241 e. The Kier molecular flexibility index (Phi) is 5.62. The van der Waals surface area contributed by atoms with Crippen LogP contribution in [0.15, 0.2) is 59.8 Å². The van der Waals surface area contributed by atoms with Crippen molar-refractivity contribution in [2.75, 3.05) is 25.4 Å². The predicted molar refractivity (Wildman–Crippen MR) is 111 cm³/mol. The fourth-order valence-electron chi connectivity index (χ4n) is 3.36. The molecule has 0 radical (unpaired) electrons. The zero-order valence-corrected chi connectivity index (χ0v) is 16.3. The Morgan fingerprint density at radius 2 is 1.71 bits per heavy atom. The molecular weight excluding hydrogens is 372 g/mol. The highest BCUT2D eigenvalue weighted by atomic mass is 32.2. The number of para-hydroxylation sites is 3. The highest BCUT2D eigenvalue weighted by molar-refractivity contribution is 7.99. The second kappa shape index (κ2) is 8.48. The van der Waals surface area contributed by atoms with Gasteiger partial charge < -0.3 is 10.2 Å². The third kappa shape index (κ3) is 4.04. The van der Waals surface area contributed by atoms with E-state index < -0.39 is 0 Å². The molecule has 2 amide bonds. The Labute approximate surface area is 167 Å². The summed E-state index contributed by atoms with van der Waals surface area (Å²) in [5, 5.41) is 3.49. The molecule has 1 saturated heterocycles. The van der Waals surface area contributed by atoms with Gasteiger partial charge in [-0.3, -0.25) is 14.2 Å². The molecular formula is C21H22N4O2S. The van der Waals surface area contributed by atoms with E-state index in [0.29, 0.717) is 0 Å². The summed E-state index contributed by atoms with van der Waals surface area (Å²) in [6.45, 7) is 1.66. The normalized spacial score (nSPS) is 13.8. The molecule has 144 valence electrons. The lowest BCUT2D eigenvalue weighted by Gasteiger charge is -2.15. The number of benzene rings is 2. The van der Waals surface area contributed by atoms with Gasteiger partial charge in [-0.2, -0.15) is 0 Å². The molecule has 1 N–H and O–H groups in total. The van der Waals surface area contributed by atoms with Crippen LogP contribution in [0.2, 0.25) is 0 Å². The Morgan fingerprint density at radius 3 is 2.50 bits per heavy atom. The molecule has 0 aliphatic carbocycles. The van der Waals surface area contributed by atoms with Crippen LogP contribution in [0.4, 0.5) is 0 Å². The number of likely N-dealkylation sites (tertiary alicyclic amines) is 1. The lowest BCUT2D eigenvalue weighted by molar-refractivity contribution is -0.131. The minimum absolute atomic E-state index is 0.00706. The van der Waals surface area contributed by atoms with Crippen LogP contribution >= 0.6 is 11.8 Å². The average Bonchev–Trinajstić information content (AvgIpc) is 3.39. The second-order valence-corrected chi connectivity index (χ2v) is 7.65. The van der Waals surface area contributed by atoms with Crippen molar-refractivity contribution in [1.82, 2.24) is 19.8 Å². The van der Waals surface area contributed by atoms with Crippen LogP contribution in [0, 0.1) is 0 Å². The maximum absolute atomic E-state index is 12.3. The molecule has 1 fully saturated rings. The molecule has 0 saturated carbocycles. The van der Waals surface area contributed by atoms with Crippen molar-refractivity contribution < 1.29 is 9.59 Å². The minimum Gasteiger partial charge on any atom is -0.346 e. The van der Waals surface area contributed by atoms with Gasteiger partial charge in [0.05, 0.1) is 23.3 Å². The van der Waals surface area contributed by atoms with Crippen LogP contribution in [0.3, 0.4) is 0 Å². The van der Waals surface area contributed by atoms with Crippen molar-refractivity contribution in [3.63, 3.8) is 0 Å². The molecule has 1 aliphatic rings. The maximum atomic E-state index is 12.3. The van der Waals surface area contributed by atoms with Gasteiger partial charge in [-0.1, -0.05) is 42.1 Å². The molecule has 0 spiro atoms. The largest absolute Gasteiger partial charge is 0.346 e. The minimum atomic E-state index is -0.163. The van der Waals surface area contributed by atoms with Crippen LogP contribution < -0.4 is 5.32 Å². The van der Waals surface area contributed by atoms with E-state index in [1.54, 1.807) is 0 Å². The van der Waals surface area contributed by atoms with E-state index in [0.717, 1.165) is 47.8 Å². The maximum Gasteiger partial charge on any atom is 0.241 e. The van der Waals surface area contributed by atoms with Crippen molar-refractivity contribution in [1.29, 1.82) is 0 Å². The number of imidazole rings is 1. The van der Waals surface area contributed by atoms with Gasteiger partial charge in [0.25, 0.3) is 0 Å². The molecule has 2 heterocycles. The zero-order valence-electron chi connectivity index (χ0n) is 15.5. The molecule has 0 unspecified atom stereocenters. The summed E-state index contributed by atoms with van der Waals surface area (Å²) in [4.78, 5) is 30.8. The number of carbonyl (C=O) groups is 2. The van der Waals surface area contributed by atoms with Crippen molar-refractivity contribution in [3.05, 3.63) is 54.6 Å². The topological polar surface area (TPSA) is 67.2 Å². The van der Waals surface area contributed by atoms with Gasteiger partial charge in [-0.25, -0.2) is 4.98 Å². The third-order valence-corrected chi connectivity index (χ3v) is 5.71. The van der Waals surface area contributed by atoms with Gasteiger partial charge in [-0.15, -0.1) is 0 Å². The summed E-state index contributed by atoms with van der Waals surface area (Å²) < 4.78 is 2.06. The van der Waals surface area contributed by atoms with Crippen LogP contribution in [0.25, 0.3) is 16.7 Å². The monoisotopic (exact) mass is 394 g/mol. The molecule has 0 atom stereocenters. The summed E-state index contributed by atoms with van der Waals surface area (Å²) in [6.07, 6.45) is 2.09. The van der Waals surface area contributed by atoms with E-state index in [1.165, 1.54) is 11.8 Å². The van der Waals surface area contributed by atoms with E-state index in [-0.39, 0.29) is 24.1 Å². The molecule has 7 heteroatoms. The van der Waals surface area contributed by atoms with Crippen LogP contribution in [0.5, 0.6) is 0 Å². The number of rotatable bonds is 6. The second-order valence-electron chi connectivity index (χ2n) is 6.71. The van der Waals surface area contributed by atoms with Gasteiger partial charge in [0, 0.05) is 18.8 Å². The number of amides is 2. The molecule has 2 aromatic carbocycles. The lowest BCUT2D eigenvalue weighted by atomic mass is 10.3. The first kappa shape index (κ1) is 18.6. The Hall–Kier alpha value is -2.80. The first-order valence-corrected chi connectivity index (χ1v) is 10.4. The molecule has 0 bridgehead atoms. The highest BCUT2D eigenvalue weighted by Gasteiger charge is 2.19. The highest BCUT2D eigenvalue weighted by Crippen LogP contribution is 2.27. The number of aromatic nitrogens is 2. The molecule has 6 nitrogen and oxygen atoms in total. The van der Waals surface area contributed by atoms with E-state index in [2.05, 4.69) is 9.88 Å². The number of hydrogen-bond acceptors (Lipinski definition) is 4. The van der Waals surface area contributed by atoms with E-state index in [4.69, 9.17) is 4.98 Å². The molecule has 1 aliphatic heterocycles. The number of fused-ring (bicyclic) bond motifs is 1. The predicted octanol–water partition coefficient (Wildman–Crippen LogP) is 2.86. The molecule has 3 aromatic rings. The number of carbonyl (C=O) groups excluding carboxylic acids is 2. The summed E-state index contributed by atoms with van der Waals surface area (Å²) >= 11 is 1.37. The number of hydrogen-bond donors (Lipinski definition) is 1. The van der Waals surface area contributed by atoms with Gasteiger partial charge in [0.1, 0.15) is 0 Å². The quantitative estimate of drug-likeness (QED) is 0.653. The summed E-state index contributed by atoms with van der Waals surface area (Å²) in [5.74, 6) is 0.0419. The standard InChI is InChI=1S/C21H22N4O2S/c26-19(22-14-20(27)24-12-6-7-13-24)15-28-21-23-17-10-4-5-11-18(17)25(21)16-8-2-1-3-9-16/h1-5,8-11H,6-7,12-15H2,(H,22,26). The van der Waals surface area contributed by atoms with Gasteiger partial charge in [-0.05, 0) is 37.1 Å². The number of thioether (sulfide) groups is 1. The van der Waals surface area contributed by atoms with Crippen molar-refractivity contribution in [2.45, 2.75) is 18.0 Å². The molecule has 28 heavy (non-hydrogen) atoms. The number of nitrogens with one attached hydrogen (secondary N) is 1. The van der Waals surface area contributed by atoms with E-state index in [9.17, 15) is 9.59 Å².